The number of benzene rings is 1. The molecule has 0 bridgehead atoms. The number of rotatable bonds is 7. The fraction of sp³-hybridized carbons (Fsp3) is 0.556. The van der Waals surface area contributed by atoms with Crippen LogP contribution in [0.2, 0.25) is 0 Å². The number of carboxylic acids is 1. The lowest BCUT2D eigenvalue weighted by molar-refractivity contribution is -0.141. The summed E-state index contributed by atoms with van der Waals surface area (Å²) in [4.78, 5) is 25.4. The van der Waals surface area contributed by atoms with Gasteiger partial charge in [-0.05, 0) is 30.9 Å². The van der Waals surface area contributed by atoms with Crippen molar-refractivity contribution in [1.82, 2.24) is 4.90 Å². The van der Waals surface area contributed by atoms with E-state index in [2.05, 4.69) is 0 Å². The third-order valence-electron chi connectivity index (χ3n) is 4.42. The molecule has 1 saturated heterocycles. The first-order chi connectivity index (χ1) is 12.1. The van der Waals surface area contributed by atoms with Gasteiger partial charge in [-0.25, -0.2) is 0 Å². The molecule has 1 heterocycles. The molecular weight excluding hydrogens is 326 g/mol. The highest BCUT2D eigenvalue weighted by Gasteiger charge is 2.29. The lowest BCUT2D eigenvalue weighted by Crippen LogP contribution is -2.46. The predicted molar refractivity (Wildman–Crippen MR) is 89.1 cm³/mol. The van der Waals surface area contributed by atoms with Crippen molar-refractivity contribution in [1.29, 1.82) is 0 Å². The summed E-state index contributed by atoms with van der Waals surface area (Å²) in [6.45, 7) is 1.62. The Balaban J connectivity index is 1.74. The molecule has 1 amide bonds. The van der Waals surface area contributed by atoms with E-state index in [1.807, 2.05) is 0 Å². The van der Waals surface area contributed by atoms with Crippen LogP contribution >= 0.6 is 0 Å². The molecule has 1 aliphatic heterocycles. The summed E-state index contributed by atoms with van der Waals surface area (Å²) in [6, 6.07) is 5.16. The zero-order valence-corrected chi connectivity index (χ0v) is 14.3. The van der Waals surface area contributed by atoms with Crippen molar-refractivity contribution < 1.29 is 28.9 Å². The van der Waals surface area contributed by atoms with E-state index in [9.17, 15) is 9.59 Å². The summed E-state index contributed by atoms with van der Waals surface area (Å²) < 4.78 is 16.5. The summed E-state index contributed by atoms with van der Waals surface area (Å²) in [5.74, 6) is 0.604. The number of carbonyl (C=O) groups excluding carboxylic acids is 1. The van der Waals surface area contributed by atoms with Gasteiger partial charge in [0.2, 0.25) is 0 Å². The molecule has 0 spiro atoms. The number of amides is 1. The first-order valence-electron chi connectivity index (χ1n) is 8.50. The Labute approximate surface area is 146 Å². The van der Waals surface area contributed by atoms with Crippen molar-refractivity contribution in [2.75, 3.05) is 33.4 Å². The Morgan fingerprint density at radius 2 is 2.16 bits per heavy atom. The van der Waals surface area contributed by atoms with Gasteiger partial charge in [-0.3, -0.25) is 9.59 Å². The van der Waals surface area contributed by atoms with Gasteiger partial charge in [-0.15, -0.1) is 0 Å². The fourth-order valence-electron chi connectivity index (χ4n) is 2.81. The standard InChI is InChI=1S/C18H23NO6/c1-23-13-4-5-15(16(8-13)25-11-12-2-3-12)18(22)19-6-7-24-14(10-19)9-17(20)21/h4-5,8,12,14H,2-3,6-7,9-11H2,1H3,(H,20,21). The number of morpholine rings is 1. The van der Waals surface area contributed by atoms with E-state index >= 15 is 0 Å². The Morgan fingerprint density at radius 1 is 1.36 bits per heavy atom. The summed E-state index contributed by atoms with van der Waals surface area (Å²) in [6.07, 6.45) is 1.72. The topological polar surface area (TPSA) is 85.3 Å². The van der Waals surface area contributed by atoms with Gasteiger partial charge in [-0.1, -0.05) is 0 Å². The van der Waals surface area contributed by atoms with E-state index < -0.39 is 12.1 Å². The molecule has 136 valence electrons. The third-order valence-corrected chi connectivity index (χ3v) is 4.42. The normalized spacial score (nSPS) is 20.2. The maximum atomic E-state index is 12.9. The summed E-state index contributed by atoms with van der Waals surface area (Å²) >= 11 is 0. The number of carbonyl (C=O) groups is 2. The fourth-order valence-corrected chi connectivity index (χ4v) is 2.81. The van der Waals surface area contributed by atoms with Gasteiger partial charge in [0.15, 0.2) is 0 Å². The van der Waals surface area contributed by atoms with Crippen LogP contribution in [0.1, 0.15) is 29.6 Å². The maximum absolute atomic E-state index is 12.9. The number of hydrogen-bond acceptors (Lipinski definition) is 5. The number of nitrogens with zero attached hydrogens (tertiary/aromatic N) is 1. The van der Waals surface area contributed by atoms with Crippen LogP contribution in [0.5, 0.6) is 11.5 Å². The number of ether oxygens (including phenoxy) is 3. The Kier molecular flexibility index (Phi) is 5.43. The van der Waals surface area contributed by atoms with Gasteiger partial charge in [0.05, 0.1) is 38.4 Å². The molecule has 7 nitrogen and oxygen atoms in total. The number of carboxylic acid groups (broad SMARTS) is 1. The van der Waals surface area contributed by atoms with Gasteiger partial charge in [0.1, 0.15) is 11.5 Å². The van der Waals surface area contributed by atoms with Gasteiger partial charge in [-0.2, -0.15) is 0 Å². The molecule has 0 radical (unpaired) electrons. The second-order valence-electron chi connectivity index (χ2n) is 6.46. The molecule has 1 atom stereocenters. The minimum atomic E-state index is -0.933. The average Bonchev–Trinajstić information content (AvgIpc) is 3.43. The summed E-state index contributed by atoms with van der Waals surface area (Å²) in [5.41, 5.74) is 0.470. The van der Waals surface area contributed by atoms with Gasteiger partial charge < -0.3 is 24.2 Å². The second-order valence-corrected chi connectivity index (χ2v) is 6.46. The van der Waals surface area contributed by atoms with Crippen LogP contribution in [0.3, 0.4) is 0 Å². The Bertz CT molecular complexity index is 642. The lowest BCUT2D eigenvalue weighted by atomic mass is 10.1. The van der Waals surface area contributed by atoms with Crippen molar-refractivity contribution >= 4 is 11.9 Å². The van der Waals surface area contributed by atoms with Crippen LogP contribution in [0, 0.1) is 5.92 Å². The Hall–Kier alpha value is -2.28. The van der Waals surface area contributed by atoms with E-state index in [1.165, 1.54) is 0 Å². The van der Waals surface area contributed by atoms with E-state index in [0.29, 0.717) is 42.7 Å². The molecule has 1 N–H and O–H groups in total. The van der Waals surface area contributed by atoms with Crippen LogP contribution in [0.15, 0.2) is 18.2 Å². The van der Waals surface area contributed by atoms with E-state index in [4.69, 9.17) is 19.3 Å². The molecule has 1 aromatic carbocycles. The average molecular weight is 349 g/mol. The van der Waals surface area contributed by atoms with Gasteiger partial charge in [0.25, 0.3) is 5.91 Å². The second kappa shape index (κ2) is 7.74. The molecule has 1 saturated carbocycles. The minimum Gasteiger partial charge on any atom is -0.497 e. The van der Waals surface area contributed by atoms with Crippen molar-refractivity contribution in [3.8, 4) is 11.5 Å². The van der Waals surface area contributed by atoms with Crippen molar-refractivity contribution in [2.24, 2.45) is 5.92 Å². The number of methoxy groups -OCH3 is 1. The quantitative estimate of drug-likeness (QED) is 0.808. The van der Waals surface area contributed by atoms with Crippen LogP contribution in [0.4, 0.5) is 0 Å². The highest BCUT2D eigenvalue weighted by atomic mass is 16.5. The molecular formula is C18H23NO6. The van der Waals surface area contributed by atoms with Crippen molar-refractivity contribution in [3.05, 3.63) is 23.8 Å². The molecule has 1 aliphatic carbocycles. The Morgan fingerprint density at radius 3 is 2.84 bits per heavy atom. The molecule has 25 heavy (non-hydrogen) atoms. The zero-order valence-electron chi connectivity index (χ0n) is 14.3. The van der Waals surface area contributed by atoms with E-state index in [-0.39, 0.29) is 18.9 Å². The smallest absolute Gasteiger partial charge is 0.306 e. The highest BCUT2D eigenvalue weighted by Crippen LogP contribution is 2.32. The number of hydrogen-bond donors (Lipinski definition) is 1. The van der Waals surface area contributed by atoms with Gasteiger partial charge >= 0.3 is 5.97 Å². The molecule has 0 aromatic heterocycles. The highest BCUT2D eigenvalue weighted by molar-refractivity contribution is 5.97. The van der Waals surface area contributed by atoms with Crippen LogP contribution < -0.4 is 9.47 Å². The van der Waals surface area contributed by atoms with Gasteiger partial charge in [0, 0.05) is 19.2 Å². The minimum absolute atomic E-state index is 0.114. The first kappa shape index (κ1) is 17.5. The third kappa shape index (κ3) is 4.63. The summed E-state index contributed by atoms with van der Waals surface area (Å²) in [5, 5.41) is 8.92. The monoisotopic (exact) mass is 349 g/mol. The zero-order chi connectivity index (χ0) is 17.8. The van der Waals surface area contributed by atoms with Crippen LogP contribution in [-0.2, 0) is 9.53 Å². The maximum Gasteiger partial charge on any atom is 0.306 e. The van der Waals surface area contributed by atoms with Crippen LogP contribution in [-0.4, -0.2) is 61.4 Å². The molecule has 7 heteroatoms. The molecule has 3 rings (SSSR count). The van der Waals surface area contributed by atoms with Crippen molar-refractivity contribution in [2.45, 2.75) is 25.4 Å². The first-order valence-corrected chi connectivity index (χ1v) is 8.50. The lowest BCUT2D eigenvalue weighted by Gasteiger charge is -2.32. The molecule has 2 aliphatic rings. The SMILES string of the molecule is COc1ccc(C(=O)N2CCOC(CC(=O)O)C2)c(OCC2CC2)c1. The van der Waals surface area contributed by atoms with E-state index in [1.54, 1.807) is 30.2 Å². The van der Waals surface area contributed by atoms with Crippen LogP contribution in [0.25, 0.3) is 0 Å². The largest absolute Gasteiger partial charge is 0.497 e. The predicted octanol–water partition coefficient (Wildman–Crippen LogP) is 1.80. The van der Waals surface area contributed by atoms with E-state index in [0.717, 1.165) is 12.8 Å². The summed E-state index contributed by atoms with van der Waals surface area (Å²) in [7, 11) is 1.57. The number of aliphatic carboxylic acids is 1. The molecule has 1 aromatic rings. The van der Waals surface area contributed by atoms with Crippen molar-refractivity contribution in [3.63, 3.8) is 0 Å². The molecule has 2 fully saturated rings. The molecule has 1 unspecified atom stereocenters.